The highest BCUT2D eigenvalue weighted by Crippen LogP contribution is 2.40. The number of aliphatic hydroxyl groups excluding tert-OH is 1. The molecule has 1 saturated heterocycles. The van der Waals surface area contributed by atoms with E-state index in [4.69, 9.17) is 5.11 Å². The molecule has 0 saturated carbocycles. The highest BCUT2D eigenvalue weighted by Gasteiger charge is 2.35. The first-order chi connectivity index (χ1) is 9.65. The smallest absolute Gasteiger partial charge is 0.407 e. The van der Waals surface area contributed by atoms with Crippen molar-refractivity contribution in [2.75, 3.05) is 19.7 Å². The second-order valence-corrected chi connectivity index (χ2v) is 6.64. The minimum atomic E-state index is -0.837. The Morgan fingerprint density at radius 2 is 1.90 bits per heavy atom. The summed E-state index contributed by atoms with van der Waals surface area (Å²) in [5.74, 6) is 0.911. The van der Waals surface area contributed by atoms with Crippen molar-refractivity contribution < 1.29 is 15.0 Å². The Balaban J connectivity index is 1.95. The Bertz CT molecular complexity index is 430. The first-order valence-corrected chi connectivity index (χ1v) is 7.90. The maximum Gasteiger partial charge on any atom is 0.407 e. The number of hydrogen-bond donors (Lipinski definition) is 2. The van der Waals surface area contributed by atoms with Gasteiger partial charge in [0.1, 0.15) is 0 Å². The Morgan fingerprint density at radius 1 is 1.25 bits per heavy atom. The van der Waals surface area contributed by atoms with Crippen LogP contribution < -0.4 is 0 Å². The van der Waals surface area contributed by atoms with Crippen LogP contribution in [0.15, 0.2) is 30.3 Å². The van der Waals surface area contributed by atoms with Gasteiger partial charge in [-0.25, -0.2) is 4.79 Å². The van der Waals surface area contributed by atoms with Crippen LogP contribution in [-0.2, 0) is 5.75 Å². The predicted molar refractivity (Wildman–Crippen MR) is 81.0 cm³/mol. The highest BCUT2D eigenvalue weighted by atomic mass is 32.2. The quantitative estimate of drug-likeness (QED) is 0.877. The molecular weight excluding hydrogens is 274 g/mol. The fourth-order valence-corrected chi connectivity index (χ4v) is 3.96. The Labute approximate surface area is 123 Å². The van der Waals surface area contributed by atoms with Crippen LogP contribution in [0, 0.1) is 0 Å². The van der Waals surface area contributed by atoms with Gasteiger partial charge in [0.2, 0.25) is 0 Å². The van der Waals surface area contributed by atoms with E-state index in [1.54, 1.807) is 0 Å². The molecule has 1 amide bonds. The maximum atomic E-state index is 11.0. The van der Waals surface area contributed by atoms with Gasteiger partial charge in [-0.3, -0.25) is 0 Å². The number of carboxylic acid groups (broad SMARTS) is 1. The van der Waals surface area contributed by atoms with Gasteiger partial charge in [-0.15, -0.1) is 0 Å². The molecule has 0 bridgehead atoms. The van der Waals surface area contributed by atoms with Gasteiger partial charge in [0.15, 0.2) is 0 Å². The maximum absolute atomic E-state index is 11.0. The molecule has 0 atom stereocenters. The van der Waals surface area contributed by atoms with Crippen LogP contribution in [0.2, 0.25) is 0 Å². The summed E-state index contributed by atoms with van der Waals surface area (Å²) in [7, 11) is 0. The molecule has 1 aromatic rings. The molecule has 1 aliphatic rings. The van der Waals surface area contributed by atoms with Crippen molar-refractivity contribution >= 4 is 17.9 Å². The third-order valence-corrected chi connectivity index (χ3v) is 5.60. The van der Waals surface area contributed by atoms with E-state index >= 15 is 0 Å². The minimum absolute atomic E-state index is 0.0105. The van der Waals surface area contributed by atoms with E-state index in [2.05, 4.69) is 12.1 Å². The number of piperidine rings is 1. The molecule has 4 nitrogen and oxygen atoms in total. The van der Waals surface area contributed by atoms with E-state index in [0.29, 0.717) is 13.1 Å². The van der Waals surface area contributed by atoms with E-state index in [9.17, 15) is 9.90 Å². The van der Waals surface area contributed by atoms with Crippen molar-refractivity contribution in [3.63, 3.8) is 0 Å². The molecule has 1 fully saturated rings. The van der Waals surface area contributed by atoms with E-state index < -0.39 is 6.09 Å². The number of nitrogens with zero attached hydrogens (tertiary/aromatic N) is 1. The van der Waals surface area contributed by atoms with Crippen LogP contribution in [0.3, 0.4) is 0 Å². The molecule has 0 aromatic heterocycles. The molecule has 1 aliphatic heterocycles. The van der Waals surface area contributed by atoms with Gasteiger partial charge in [0.25, 0.3) is 0 Å². The molecule has 0 spiro atoms. The van der Waals surface area contributed by atoms with Crippen molar-refractivity contribution in [1.82, 2.24) is 4.90 Å². The summed E-state index contributed by atoms with van der Waals surface area (Å²) < 4.78 is 0.0105. The SMILES string of the molecule is O=C(O)N1CCC(CCO)(SCc2ccccc2)CC1. The van der Waals surface area contributed by atoms with Crippen molar-refractivity contribution in [3.8, 4) is 0 Å². The second-order valence-electron chi connectivity index (χ2n) is 5.20. The van der Waals surface area contributed by atoms with E-state index in [-0.39, 0.29) is 11.4 Å². The predicted octanol–water partition coefficient (Wildman–Crippen LogP) is 2.81. The summed E-state index contributed by atoms with van der Waals surface area (Å²) in [6.45, 7) is 1.29. The summed E-state index contributed by atoms with van der Waals surface area (Å²) in [5.41, 5.74) is 1.27. The number of thioether (sulfide) groups is 1. The standard InChI is InChI=1S/C15H21NO3S/c17-11-8-15(6-9-16(10-7-15)14(18)19)20-12-13-4-2-1-3-5-13/h1-5,17H,6-12H2,(H,18,19). The second kappa shape index (κ2) is 6.99. The molecule has 5 heteroatoms. The molecular formula is C15H21NO3S. The molecule has 1 aromatic carbocycles. The first kappa shape index (κ1) is 15.2. The fourth-order valence-electron chi connectivity index (χ4n) is 2.59. The largest absolute Gasteiger partial charge is 0.465 e. The zero-order valence-electron chi connectivity index (χ0n) is 11.5. The lowest BCUT2D eigenvalue weighted by Crippen LogP contribution is -2.45. The zero-order valence-corrected chi connectivity index (χ0v) is 12.3. The van der Waals surface area contributed by atoms with Gasteiger partial charge in [-0.05, 0) is 24.8 Å². The third-order valence-electron chi connectivity index (χ3n) is 3.90. The zero-order chi connectivity index (χ0) is 14.4. The topological polar surface area (TPSA) is 60.8 Å². The molecule has 2 rings (SSSR count). The number of hydrogen-bond acceptors (Lipinski definition) is 3. The molecule has 1 heterocycles. The van der Waals surface area contributed by atoms with Crippen LogP contribution in [0.5, 0.6) is 0 Å². The highest BCUT2D eigenvalue weighted by molar-refractivity contribution is 7.99. The Hall–Kier alpha value is -1.20. The van der Waals surface area contributed by atoms with Gasteiger partial charge in [-0.1, -0.05) is 30.3 Å². The number of likely N-dealkylation sites (tertiary alicyclic amines) is 1. The van der Waals surface area contributed by atoms with E-state index in [1.165, 1.54) is 10.5 Å². The summed E-state index contributed by atoms with van der Waals surface area (Å²) in [5, 5.41) is 18.3. The monoisotopic (exact) mass is 295 g/mol. The van der Waals surface area contributed by atoms with Gasteiger partial charge < -0.3 is 15.1 Å². The van der Waals surface area contributed by atoms with E-state index in [1.807, 2.05) is 30.0 Å². The van der Waals surface area contributed by atoms with Crippen LogP contribution in [0.25, 0.3) is 0 Å². The lowest BCUT2D eigenvalue weighted by Gasteiger charge is -2.40. The van der Waals surface area contributed by atoms with Crippen molar-refractivity contribution in [1.29, 1.82) is 0 Å². The Kier molecular flexibility index (Phi) is 5.31. The van der Waals surface area contributed by atoms with Crippen LogP contribution >= 0.6 is 11.8 Å². The first-order valence-electron chi connectivity index (χ1n) is 6.92. The summed E-state index contributed by atoms with van der Waals surface area (Å²) in [6, 6.07) is 10.3. The number of rotatable bonds is 5. The number of amides is 1. The molecule has 110 valence electrons. The van der Waals surface area contributed by atoms with Crippen LogP contribution in [0.1, 0.15) is 24.8 Å². The van der Waals surface area contributed by atoms with Crippen LogP contribution in [0.4, 0.5) is 4.79 Å². The lowest BCUT2D eigenvalue weighted by atomic mass is 9.93. The molecule has 20 heavy (non-hydrogen) atoms. The molecule has 2 N–H and O–H groups in total. The lowest BCUT2D eigenvalue weighted by molar-refractivity contribution is 0.125. The third kappa shape index (κ3) is 3.90. The van der Waals surface area contributed by atoms with Crippen LogP contribution in [-0.4, -0.2) is 45.6 Å². The average Bonchev–Trinajstić information content (AvgIpc) is 2.47. The van der Waals surface area contributed by atoms with Gasteiger partial charge in [0.05, 0.1) is 0 Å². The average molecular weight is 295 g/mol. The fraction of sp³-hybridized carbons (Fsp3) is 0.533. The van der Waals surface area contributed by atoms with Crippen molar-refractivity contribution in [2.24, 2.45) is 0 Å². The van der Waals surface area contributed by atoms with Gasteiger partial charge >= 0.3 is 6.09 Å². The molecule has 0 unspecified atom stereocenters. The summed E-state index contributed by atoms with van der Waals surface area (Å²) in [4.78, 5) is 12.4. The summed E-state index contributed by atoms with van der Waals surface area (Å²) >= 11 is 1.86. The van der Waals surface area contributed by atoms with E-state index in [0.717, 1.165) is 25.0 Å². The number of benzene rings is 1. The minimum Gasteiger partial charge on any atom is -0.465 e. The number of carbonyl (C=O) groups is 1. The summed E-state index contributed by atoms with van der Waals surface area (Å²) in [6.07, 6.45) is 1.53. The van der Waals surface area contributed by atoms with Crippen molar-refractivity contribution in [3.05, 3.63) is 35.9 Å². The Morgan fingerprint density at radius 3 is 2.45 bits per heavy atom. The van der Waals surface area contributed by atoms with Crippen molar-refractivity contribution in [2.45, 2.75) is 29.8 Å². The van der Waals surface area contributed by atoms with Gasteiger partial charge in [-0.2, -0.15) is 11.8 Å². The number of aliphatic hydroxyl groups is 1. The molecule has 0 aliphatic carbocycles. The van der Waals surface area contributed by atoms with Gasteiger partial charge in [0, 0.05) is 30.2 Å². The normalized spacial score (nSPS) is 17.9. The molecule has 0 radical (unpaired) electrons.